The minimum Gasteiger partial charge on any atom is -0.389 e. The molecule has 0 spiro atoms. The molecule has 4 nitrogen and oxygen atoms in total. The Hall–Kier alpha value is -0.970. The van der Waals surface area contributed by atoms with E-state index in [0.29, 0.717) is 5.57 Å². The molecule has 0 aromatic heterocycles. The highest BCUT2D eigenvalue weighted by atomic mass is 16.6. The first-order valence-corrected chi connectivity index (χ1v) is 9.03. The minimum absolute atomic E-state index is 0.133. The molecule has 2 bridgehead atoms. The summed E-state index contributed by atoms with van der Waals surface area (Å²) < 4.78 is 5.73. The average molecular weight is 334 g/mol. The van der Waals surface area contributed by atoms with Gasteiger partial charge in [-0.1, -0.05) is 25.5 Å². The van der Waals surface area contributed by atoms with Crippen molar-refractivity contribution in [1.29, 1.82) is 0 Å². The van der Waals surface area contributed by atoms with E-state index in [-0.39, 0.29) is 11.7 Å². The first-order chi connectivity index (χ1) is 11.0. The summed E-state index contributed by atoms with van der Waals surface area (Å²) in [6.07, 6.45) is 5.82. The fraction of sp³-hybridized carbons (Fsp3) is 0.750. The Labute approximate surface area is 144 Å². The molecule has 3 aliphatic rings. The van der Waals surface area contributed by atoms with Gasteiger partial charge in [-0.05, 0) is 58.4 Å². The zero-order chi connectivity index (χ0) is 17.9. The third-order valence-electron chi connectivity index (χ3n) is 7.05. The normalized spacial score (nSPS) is 51.5. The van der Waals surface area contributed by atoms with E-state index in [1.165, 1.54) is 5.57 Å². The number of fused-ring (bicyclic) bond motifs is 3. The number of Topliss-reactive ketones (excluding diaryl/α,β-unsaturated/α-hetero) is 1. The molecule has 24 heavy (non-hydrogen) atoms. The molecule has 0 aromatic carbocycles. The summed E-state index contributed by atoms with van der Waals surface area (Å²) in [6.45, 7) is 9.75. The van der Waals surface area contributed by atoms with Crippen molar-refractivity contribution in [3.63, 3.8) is 0 Å². The SMILES string of the molecule is C/C1=C\CC[C@]2(C)O[C@@H]2C(=O)C2=C[C@H](O)[C@@H](C)[C@](C)(CC1)[C@@]2(C)O. The van der Waals surface area contributed by atoms with Crippen LogP contribution in [-0.2, 0) is 9.53 Å². The molecular formula is C20H30O4. The number of carbonyl (C=O) groups excluding carboxylic acids is 1. The topological polar surface area (TPSA) is 70.1 Å². The second-order valence-electron chi connectivity index (χ2n) is 8.61. The lowest BCUT2D eigenvalue weighted by Crippen LogP contribution is -2.57. The van der Waals surface area contributed by atoms with Gasteiger partial charge in [0.25, 0.3) is 0 Å². The van der Waals surface area contributed by atoms with Gasteiger partial charge in [0.05, 0.1) is 11.7 Å². The molecular weight excluding hydrogens is 304 g/mol. The Morgan fingerprint density at radius 1 is 1.25 bits per heavy atom. The van der Waals surface area contributed by atoms with E-state index in [1.807, 2.05) is 20.8 Å². The fourth-order valence-electron chi connectivity index (χ4n) is 4.46. The van der Waals surface area contributed by atoms with Crippen LogP contribution >= 0.6 is 0 Å². The quantitative estimate of drug-likeness (QED) is 0.528. The molecule has 1 aliphatic heterocycles. The van der Waals surface area contributed by atoms with Gasteiger partial charge in [-0.3, -0.25) is 4.79 Å². The maximum Gasteiger partial charge on any atom is 0.193 e. The monoisotopic (exact) mass is 334 g/mol. The van der Waals surface area contributed by atoms with Crippen LogP contribution in [0.25, 0.3) is 0 Å². The molecule has 1 saturated heterocycles. The number of carbonyl (C=O) groups is 1. The molecule has 2 aliphatic carbocycles. The number of aliphatic hydroxyl groups is 2. The number of hydrogen-bond acceptors (Lipinski definition) is 4. The zero-order valence-electron chi connectivity index (χ0n) is 15.4. The van der Waals surface area contributed by atoms with Crippen molar-refractivity contribution < 1.29 is 19.7 Å². The summed E-state index contributed by atoms with van der Waals surface area (Å²) in [7, 11) is 0. The van der Waals surface area contributed by atoms with E-state index >= 15 is 0 Å². The van der Waals surface area contributed by atoms with Gasteiger partial charge in [0.15, 0.2) is 5.78 Å². The second kappa shape index (κ2) is 5.52. The van der Waals surface area contributed by atoms with E-state index in [2.05, 4.69) is 13.0 Å². The Kier molecular flexibility index (Phi) is 4.10. The lowest BCUT2D eigenvalue weighted by Gasteiger charge is -2.52. The molecule has 0 saturated carbocycles. The van der Waals surface area contributed by atoms with Gasteiger partial charge >= 0.3 is 0 Å². The van der Waals surface area contributed by atoms with Gasteiger partial charge in [-0.25, -0.2) is 0 Å². The molecule has 3 rings (SSSR count). The van der Waals surface area contributed by atoms with Crippen LogP contribution in [0.5, 0.6) is 0 Å². The maximum atomic E-state index is 13.0. The Bertz CT molecular complexity index is 617. The summed E-state index contributed by atoms with van der Waals surface area (Å²) >= 11 is 0. The van der Waals surface area contributed by atoms with E-state index < -0.39 is 28.8 Å². The summed E-state index contributed by atoms with van der Waals surface area (Å²) in [4.78, 5) is 13.0. The third-order valence-corrected chi connectivity index (χ3v) is 7.05. The molecule has 1 heterocycles. The van der Waals surface area contributed by atoms with Crippen LogP contribution in [0.2, 0.25) is 0 Å². The predicted molar refractivity (Wildman–Crippen MR) is 92.5 cm³/mol. The van der Waals surface area contributed by atoms with Crippen LogP contribution in [0.4, 0.5) is 0 Å². The number of aliphatic hydroxyl groups excluding tert-OH is 1. The molecule has 4 heteroatoms. The summed E-state index contributed by atoms with van der Waals surface area (Å²) in [5, 5.41) is 21.9. The van der Waals surface area contributed by atoms with Crippen LogP contribution in [0.15, 0.2) is 23.3 Å². The number of hydrogen-bond donors (Lipinski definition) is 2. The largest absolute Gasteiger partial charge is 0.389 e. The zero-order valence-corrected chi connectivity index (χ0v) is 15.4. The molecule has 2 N–H and O–H groups in total. The molecule has 6 atom stereocenters. The summed E-state index contributed by atoms with van der Waals surface area (Å²) in [5.41, 5.74) is -0.695. The van der Waals surface area contributed by atoms with E-state index in [9.17, 15) is 15.0 Å². The molecule has 0 unspecified atom stereocenters. The Balaban J connectivity index is 2.08. The Morgan fingerprint density at radius 3 is 2.58 bits per heavy atom. The lowest BCUT2D eigenvalue weighted by atomic mass is 9.55. The fourth-order valence-corrected chi connectivity index (χ4v) is 4.46. The average Bonchev–Trinajstić information content (AvgIpc) is 3.18. The first-order valence-electron chi connectivity index (χ1n) is 9.03. The highest BCUT2D eigenvalue weighted by Gasteiger charge is 2.62. The van der Waals surface area contributed by atoms with Gasteiger partial charge in [0.2, 0.25) is 0 Å². The van der Waals surface area contributed by atoms with Gasteiger partial charge in [0.1, 0.15) is 11.7 Å². The molecule has 0 aromatic rings. The lowest BCUT2D eigenvalue weighted by molar-refractivity contribution is -0.131. The predicted octanol–water partition coefficient (Wildman–Crippen LogP) is 2.93. The summed E-state index contributed by atoms with van der Waals surface area (Å²) in [6, 6.07) is 0. The number of ether oxygens (including phenoxy) is 1. The third kappa shape index (κ3) is 2.51. The van der Waals surface area contributed by atoms with Crippen molar-refractivity contribution in [2.24, 2.45) is 11.3 Å². The van der Waals surface area contributed by atoms with E-state index in [0.717, 1.165) is 25.7 Å². The first kappa shape index (κ1) is 17.8. The minimum atomic E-state index is -1.28. The van der Waals surface area contributed by atoms with Crippen LogP contribution in [0, 0.1) is 11.3 Å². The van der Waals surface area contributed by atoms with Crippen LogP contribution in [0.3, 0.4) is 0 Å². The van der Waals surface area contributed by atoms with Crippen LogP contribution in [0.1, 0.15) is 60.3 Å². The Morgan fingerprint density at radius 2 is 1.92 bits per heavy atom. The van der Waals surface area contributed by atoms with Crippen molar-refractivity contribution in [3.05, 3.63) is 23.3 Å². The standard InChI is InChI=1S/C20H30O4/c1-12-7-6-9-19(4)17(24-19)16(22)14-11-15(21)13(2)18(3,10-8-12)20(14,5)23/h7,11,13,15,17,21,23H,6,8-10H2,1-5H3/b12-7+/t13-,15+,17-,18+,19+,20+/m1/s1. The van der Waals surface area contributed by atoms with Crippen molar-refractivity contribution in [3.8, 4) is 0 Å². The van der Waals surface area contributed by atoms with Crippen molar-refractivity contribution in [2.45, 2.75) is 83.7 Å². The highest BCUT2D eigenvalue weighted by molar-refractivity contribution is 6.03. The molecule has 0 amide bonds. The van der Waals surface area contributed by atoms with Gasteiger partial charge in [0, 0.05) is 11.0 Å². The van der Waals surface area contributed by atoms with Crippen molar-refractivity contribution in [1.82, 2.24) is 0 Å². The van der Waals surface area contributed by atoms with Gasteiger partial charge in [-0.2, -0.15) is 0 Å². The number of rotatable bonds is 0. The number of ketones is 1. The van der Waals surface area contributed by atoms with Crippen molar-refractivity contribution >= 4 is 5.78 Å². The van der Waals surface area contributed by atoms with Crippen molar-refractivity contribution in [2.75, 3.05) is 0 Å². The second-order valence-corrected chi connectivity index (χ2v) is 8.61. The van der Waals surface area contributed by atoms with Gasteiger partial charge in [-0.15, -0.1) is 0 Å². The molecule has 0 radical (unpaired) electrons. The molecule has 134 valence electrons. The van der Waals surface area contributed by atoms with Gasteiger partial charge < -0.3 is 14.9 Å². The van der Waals surface area contributed by atoms with E-state index in [1.54, 1.807) is 13.0 Å². The smallest absolute Gasteiger partial charge is 0.193 e. The summed E-state index contributed by atoms with van der Waals surface area (Å²) in [5.74, 6) is -0.299. The maximum absolute atomic E-state index is 13.0. The molecule has 1 fully saturated rings. The number of allylic oxidation sites excluding steroid dienone is 2. The highest BCUT2D eigenvalue weighted by Crippen LogP contribution is 2.54. The van der Waals surface area contributed by atoms with Crippen LogP contribution < -0.4 is 0 Å². The van der Waals surface area contributed by atoms with E-state index in [4.69, 9.17) is 4.74 Å². The number of epoxide rings is 1. The van der Waals surface area contributed by atoms with Crippen LogP contribution in [-0.4, -0.2) is 39.4 Å².